The molecule has 0 fully saturated rings. The molecule has 1 unspecified atom stereocenters. The molecule has 3 nitrogen and oxygen atoms in total. The van der Waals surface area contributed by atoms with E-state index in [-0.39, 0.29) is 18.1 Å². The molecule has 0 saturated carbocycles. The van der Waals surface area contributed by atoms with Gasteiger partial charge in [0.1, 0.15) is 11.3 Å². The van der Waals surface area contributed by atoms with Crippen LogP contribution in [0.3, 0.4) is 0 Å². The molecule has 0 amide bonds. The van der Waals surface area contributed by atoms with Crippen LogP contribution in [0.5, 0.6) is 0 Å². The predicted molar refractivity (Wildman–Crippen MR) is 78.1 cm³/mol. The van der Waals surface area contributed by atoms with E-state index < -0.39 is 0 Å². The second-order valence-corrected chi connectivity index (χ2v) is 6.02. The number of hydrogen-bond acceptors (Lipinski definition) is 3. The van der Waals surface area contributed by atoms with Crippen molar-refractivity contribution >= 4 is 11.0 Å². The zero-order chi connectivity index (χ0) is 13.9. The Balaban J connectivity index is 2.26. The van der Waals surface area contributed by atoms with Crippen molar-refractivity contribution in [1.82, 2.24) is 5.32 Å². The zero-order valence-electron chi connectivity index (χ0n) is 11.9. The molecule has 0 aliphatic rings. The summed E-state index contributed by atoms with van der Waals surface area (Å²) in [4.78, 5) is 0. The zero-order valence-corrected chi connectivity index (χ0v) is 11.9. The summed E-state index contributed by atoms with van der Waals surface area (Å²) in [5.41, 5.74) is 0.985. The Hall–Kier alpha value is -1.32. The van der Waals surface area contributed by atoms with Crippen molar-refractivity contribution in [3.8, 4) is 0 Å². The van der Waals surface area contributed by atoms with Crippen molar-refractivity contribution in [2.75, 3.05) is 13.2 Å². The Labute approximate surface area is 114 Å². The van der Waals surface area contributed by atoms with Gasteiger partial charge in [0.2, 0.25) is 0 Å². The quantitative estimate of drug-likeness (QED) is 0.810. The molecule has 19 heavy (non-hydrogen) atoms. The maximum absolute atomic E-state index is 8.90. The van der Waals surface area contributed by atoms with Gasteiger partial charge in [0.15, 0.2) is 0 Å². The van der Waals surface area contributed by atoms with Gasteiger partial charge < -0.3 is 14.8 Å². The smallest absolute Gasteiger partial charge is 0.134 e. The number of aliphatic hydroxyl groups is 1. The van der Waals surface area contributed by atoms with E-state index in [4.69, 9.17) is 9.52 Å². The van der Waals surface area contributed by atoms with Crippen molar-refractivity contribution in [3.63, 3.8) is 0 Å². The van der Waals surface area contributed by atoms with E-state index in [1.807, 2.05) is 18.2 Å². The van der Waals surface area contributed by atoms with E-state index in [1.165, 1.54) is 0 Å². The van der Waals surface area contributed by atoms with Crippen molar-refractivity contribution in [2.24, 2.45) is 5.41 Å². The molecule has 0 radical (unpaired) electrons. The summed E-state index contributed by atoms with van der Waals surface area (Å²) in [6.45, 7) is 7.57. The molecule has 2 aromatic rings. The maximum atomic E-state index is 8.90. The molecule has 1 aromatic carbocycles. The lowest BCUT2D eigenvalue weighted by atomic mass is 9.85. The molecular weight excluding hydrogens is 238 g/mol. The van der Waals surface area contributed by atoms with Crippen molar-refractivity contribution in [1.29, 1.82) is 0 Å². The van der Waals surface area contributed by atoms with E-state index in [0.29, 0.717) is 0 Å². The summed E-state index contributed by atoms with van der Waals surface area (Å²) in [6.07, 6.45) is 0.757. The van der Waals surface area contributed by atoms with Crippen LogP contribution in [0, 0.1) is 5.41 Å². The van der Waals surface area contributed by atoms with Gasteiger partial charge >= 0.3 is 0 Å². The van der Waals surface area contributed by atoms with Crippen LogP contribution in [0.15, 0.2) is 34.7 Å². The van der Waals surface area contributed by atoms with Gasteiger partial charge in [-0.05, 0) is 30.5 Å². The highest BCUT2D eigenvalue weighted by molar-refractivity contribution is 5.77. The van der Waals surface area contributed by atoms with Gasteiger partial charge in [-0.3, -0.25) is 0 Å². The summed E-state index contributed by atoms with van der Waals surface area (Å²) in [5.74, 6) is 0.964. The first-order valence-electron chi connectivity index (χ1n) is 6.85. The van der Waals surface area contributed by atoms with Gasteiger partial charge in [-0.15, -0.1) is 0 Å². The maximum Gasteiger partial charge on any atom is 0.134 e. The molecule has 0 spiro atoms. The summed E-state index contributed by atoms with van der Waals surface area (Å²) < 4.78 is 5.96. The predicted octanol–water partition coefficient (Wildman–Crippen LogP) is 3.49. The molecule has 2 N–H and O–H groups in total. The van der Waals surface area contributed by atoms with E-state index in [9.17, 15) is 0 Å². The minimum Gasteiger partial charge on any atom is -0.459 e. The summed E-state index contributed by atoms with van der Waals surface area (Å²) in [6, 6.07) is 10.3. The van der Waals surface area contributed by atoms with Crippen LogP contribution in [0.2, 0.25) is 0 Å². The third-order valence-electron chi connectivity index (χ3n) is 3.28. The highest BCUT2D eigenvalue weighted by Crippen LogP contribution is 2.35. The third-order valence-corrected chi connectivity index (χ3v) is 3.28. The number of aliphatic hydroxyl groups excluding tert-OH is 1. The Kier molecular flexibility index (Phi) is 4.27. The second kappa shape index (κ2) is 5.76. The summed E-state index contributed by atoms with van der Waals surface area (Å²) in [7, 11) is 0. The fraction of sp³-hybridized carbons (Fsp3) is 0.500. The average molecular weight is 261 g/mol. The number of rotatable bonds is 5. The van der Waals surface area contributed by atoms with Gasteiger partial charge in [0.05, 0.1) is 6.04 Å². The van der Waals surface area contributed by atoms with Crippen LogP contribution >= 0.6 is 0 Å². The molecule has 0 aliphatic carbocycles. The molecular formula is C16H23NO2. The van der Waals surface area contributed by atoms with Crippen LogP contribution in [0.4, 0.5) is 0 Å². The van der Waals surface area contributed by atoms with Crippen LogP contribution in [-0.2, 0) is 0 Å². The van der Waals surface area contributed by atoms with E-state index in [2.05, 4.69) is 38.2 Å². The van der Waals surface area contributed by atoms with Crippen molar-refractivity contribution in [2.45, 2.75) is 33.2 Å². The number of hydrogen-bond donors (Lipinski definition) is 2. The lowest BCUT2D eigenvalue weighted by Gasteiger charge is -2.30. The molecule has 0 bridgehead atoms. The summed E-state index contributed by atoms with van der Waals surface area (Å²) >= 11 is 0. The molecule has 0 saturated heterocycles. The third kappa shape index (κ3) is 3.37. The van der Waals surface area contributed by atoms with Crippen LogP contribution in [0.1, 0.15) is 39.0 Å². The molecule has 1 atom stereocenters. The van der Waals surface area contributed by atoms with Crippen LogP contribution < -0.4 is 5.32 Å². The van der Waals surface area contributed by atoms with E-state index >= 15 is 0 Å². The average Bonchev–Trinajstić information content (AvgIpc) is 2.76. The lowest BCUT2D eigenvalue weighted by molar-refractivity contribution is 0.228. The number of nitrogens with one attached hydrogen (secondary N) is 1. The molecule has 2 rings (SSSR count). The Bertz CT molecular complexity index is 492. The Morgan fingerprint density at radius 1 is 1.26 bits per heavy atom. The minimum atomic E-state index is 0.0589. The van der Waals surface area contributed by atoms with E-state index in [0.717, 1.165) is 29.7 Å². The Morgan fingerprint density at radius 2 is 2.00 bits per heavy atom. The first-order valence-corrected chi connectivity index (χ1v) is 6.85. The van der Waals surface area contributed by atoms with Crippen molar-refractivity contribution in [3.05, 3.63) is 36.1 Å². The lowest BCUT2D eigenvalue weighted by Crippen LogP contribution is -2.33. The molecule has 3 heteroatoms. The fourth-order valence-electron chi connectivity index (χ4n) is 2.30. The SMILES string of the molecule is CC(C)(C)C(NCCCO)c1cc2ccccc2o1. The normalized spacial score (nSPS) is 13.9. The number of para-hydroxylation sites is 1. The van der Waals surface area contributed by atoms with Gasteiger partial charge in [-0.25, -0.2) is 0 Å². The topological polar surface area (TPSA) is 45.4 Å². The fourth-order valence-corrected chi connectivity index (χ4v) is 2.30. The minimum absolute atomic E-state index is 0.0589. The number of fused-ring (bicyclic) bond motifs is 1. The number of benzene rings is 1. The van der Waals surface area contributed by atoms with Crippen LogP contribution in [-0.4, -0.2) is 18.3 Å². The van der Waals surface area contributed by atoms with Crippen LogP contribution in [0.25, 0.3) is 11.0 Å². The monoisotopic (exact) mass is 261 g/mol. The van der Waals surface area contributed by atoms with Gasteiger partial charge in [0, 0.05) is 12.0 Å². The molecule has 0 aliphatic heterocycles. The largest absolute Gasteiger partial charge is 0.459 e. The molecule has 1 heterocycles. The van der Waals surface area contributed by atoms with Gasteiger partial charge in [-0.1, -0.05) is 39.0 Å². The van der Waals surface area contributed by atoms with Gasteiger partial charge in [-0.2, -0.15) is 0 Å². The standard InChI is InChI=1S/C16H23NO2/c1-16(2,3)15(17-9-6-10-18)14-11-12-7-4-5-8-13(12)19-14/h4-5,7-8,11,15,17-18H,6,9-10H2,1-3H3. The number of furan rings is 1. The second-order valence-electron chi connectivity index (χ2n) is 6.02. The van der Waals surface area contributed by atoms with E-state index in [1.54, 1.807) is 0 Å². The summed E-state index contributed by atoms with van der Waals surface area (Å²) in [5, 5.41) is 13.5. The Morgan fingerprint density at radius 3 is 2.63 bits per heavy atom. The molecule has 1 aromatic heterocycles. The highest BCUT2D eigenvalue weighted by atomic mass is 16.3. The first kappa shape index (κ1) is 14.1. The van der Waals surface area contributed by atoms with Crippen molar-refractivity contribution < 1.29 is 9.52 Å². The first-order chi connectivity index (χ1) is 9.02. The highest BCUT2D eigenvalue weighted by Gasteiger charge is 2.28. The molecule has 104 valence electrons. The van der Waals surface area contributed by atoms with Gasteiger partial charge in [0.25, 0.3) is 0 Å².